The van der Waals surface area contributed by atoms with Gasteiger partial charge in [-0.05, 0) is 11.5 Å². The zero-order valence-corrected chi connectivity index (χ0v) is 27.4. The molecule has 0 aromatic heterocycles. The van der Waals surface area contributed by atoms with Crippen molar-refractivity contribution in [3.63, 3.8) is 0 Å². The summed E-state index contributed by atoms with van der Waals surface area (Å²) in [4.78, 5) is 13.8. The summed E-state index contributed by atoms with van der Waals surface area (Å²) in [5.74, 6) is 0.511. The van der Waals surface area contributed by atoms with Crippen molar-refractivity contribution in [2.75, 3.05) is 0 Å². The summed E-state index contributed by atoms with van der Waals surface area (Å²) in [6.07, 6.45) is 23.4. The first-order valence-electron chi connectivity index (χ1n) is 17.0. The van der Waals surface area contributed by atoms with Crippen molar-refractivity contribution in [3.05, 3.63) is 54.2 Å². The quantitative estimate of drug-likeness (QED) is 0.0416. The van der Waals surface area contributed by atoms with Crippen LogP contribution in [0.15, 0.2) is 54.2 Å². The normalized spacial score (nSPS) is 11.7. The molecule has 2 nitrogen and oxygen atoms in total. The van der Waals surface area contributed by atoms with Crippen LogP contribution in [0.2, 0.25) is 18.1 Å². The lowest BCUT2D eigenvalue weighted by Gasteiger charge is -2.33. The number of hydrogen-bond acceptors (Lipinski definition) is 2. The molecule has 0 radical (unpaired) electrons. The van der Waals surface area contributed by atoms with Crippen LogP contribution in [0.1, 0.15) is 136 Å². The van der Waals surface area contributed by atoms with Gasteiger partial charge in [-0.25, -0.2) is 4.79 Å². The molecule has 0 amide bonds. The van der Waals surface area contributed by atoms with Gasteiger partial charge in [0.2, 0.25) is 0 Å². The summed E-state index contributed by atoms with van der Waals surface area (Å²) in [5.41, 5.74) is 0. The summed E-state index contributed by atoms with van der Waals surface area (Å²) in [5, 5.41) is 2.96. The number of benzene rings is 2. The molecular weight excluding hydrogens is 504 g/mol. The van der Waals surface area contributed by atoms with Gasteiger partial charge in [-0.3, -0.25) is 0 Å². The van der Waals surface area contributed by atoms with E-state index in [2.05, 4.69) is 39.5 Å². The van der Waals surface area contributed by atoms with E-state index in [-0.39, 0.29) is 5.97 Å². The monoisotopic (exact) mass is 564 g/mol. The number of esters is 1. The first kappa shape index (κ1) is 34.3. The lowest BCUT2D eigenvalue weighted by molar-refractivity contribution is -0.129. The average molecular weight is 565 g/mol. The second kappa shape index (κ2) is 20.9. The van der Waals surface area contributed by atoms with Gasteiger partial charge in [-0.2, -0.15) is 0 Å². The van der Waals surface area contributed by atoms with E-state index < -0.39 is 8.07 Å². The fourth-order valence-corrected chi connectivity index (χ4v) is 11.1. The average Bonchev–Trinajstić information content (AvgIpc) is 2.97. The fraction of sp³-hybridized carbons (Fsp3) is 0.649. The van der Waals surface area contributed by atoms with Crippen LogP contribution in [0.5, 0.6) is 5.75 Å². The Morgan fingerprint density at radius 1 is 0.600 bits per heavy atom. The summed E-state index contributed by atoms with van der Waals surface area (Å²) >= 11 is 0. The van der Waals surface area contributed by atoms with Crippen LogP contribution in [0.4, 0.5) is 0 Å². The zero-order chi connectivity index (χ0) is 28.9. The van der Waals surface area contributed by atoms with Crippen molar-refractivity contribution >= 4 is 24.8 Å². The van der Waals surface area contributed by atoms with Crippen LogP contribution in [0, 0.1) is 0 Å². The predicted octanol–water partition coefficient (Wildman–Crippen LogP) is 12.4. The molecule has 0 heterocycles. The number of carbonyl (C=O) groups is 1. The van der Waals surface area contributed by atoms with Crippen LogP contribution in [0.3, 0.4) is 0 Å². The molecule has 0 aliphatic carbocycles. The third-order valence-electron chi connectivity index (χ3n) is 8.87. The third kappa shape index (κ3) is 12.3. The van der Waals surface area contributed by atoms with E-state index in [1.807, 2.05) is 30.3 Å². The van der Waals surface area contributed by atoms with Crippen molar-refractivity contribution in [1.82, 2.24) is 0 Å². The SMILES string of the molecule is C=C(C(=O)Oc1cccc2ccccc12)[Si](CCCCCCCC)(CCCCCCCC)CCCCCCCC. The number of ether oxygens (including phenoxy) is 1. The molecule has 0 atom stereocenters. The van der Waals surface area contributed by atoms with Gasteiger partial charge >= 0.3 is 5.97 Å². The van der Waals surface area contributed by atoms with E-state index >= 15 is 0 Å². The Morgan fingerprint density at radius 3 is 1.52 bits per heavy atom. The largest absolute Gasteiger partial charge is 0.423 e. The molecule has 2 aromatic rings. The van der Waals surface area contributed by atoms with Crippen LogP contribution in [-0.2, 0) is 4.79 Å². The van der Waals surface area contributed by atoms with Gasteiger partial charge in [-0.15, -0.1) is 0 Å². The lowest BCUT2D eigenvalue weighted by Crippen LogP contribution is -2.41. The van der Waals surface area contributed by atoms with E-state index in [1.165, 1.54) is 134 Å². The summed E-state index contributed by atoms with van der Waals surface area (Å²) in [6.45, 7) is 11.4. The molecule has 40 heavy (non-hydrogen) atoms. The number of fused-ring (bicyclic) bond motifs is 1. The summed E-state index contributed by atoms with van der Waals surface area (Å²) in [7, 11) is -2.06. The van der Waals surface area contributed by atoms with E-state index in [0.717, 1.165) is 16.0 Å². The molecule has 0 spiro atoms. The molecule has 0 aliphatic heterocycles. The van der Waals surface area contributed by atoms with Crippen molar-refractivity contribution in [1.29, 1.82) is 0 Å². The number of unbranched alkanes of at least 4 members (excludes halogenated alkanes) is 15. The third-order valence-corrected chi connectivity index (χ3v) is 14.3. The van der Waals surface area contributed by atoms with E-state index in [0.29, 0.717) is 5.75 Å². The van der Waals surface area contributed by atoms with E-state index in [9.17, 15) is 4.79 Å². The maximum Gasteiger partial charge on any atom is 0.334 e. The Balaban J connectivity index is 2.19. The van der Waals surface area contributed by atoms with Gasteiger partial charge in [0.05, 0.1) is 8.07 Å². The fourth-order valence-electron chi connectivity index (χ4n) is 6.22. The summed E-state index contributed by atoms with van der Waals surface area (Å²) in [6, 6.07) is 17.8. The zero-order valence-electron chi connectivity index (χ0n) is 26.4. The maximum absolute atomic E-state index is 13.8. The Morgan fingerprint density at radius 2 is 1.02 bits per heavy atom. The minimum Gasteiger partial charge on any atom is -0.423 e. The molecule has 2 rings (SSSR count). The summed E-state index contributed by atoms with van der Waals surface area (Å²) < 4.78 is 6.17. The minimum atomic E-state index is -2.06. The van der Waals surface area contributed by atoms with Gasteiger partial charge in [0.25, 0.3) is 0 Å². The highest BCUT2D eigenvalue weighted by atomic mass is 28.3. The second-order valence-electron chi connectivity index (χ2n) is 12.2. The number of hydrogen-bond donors (Lipinski definition) is 0. The van der Waals surface area contributed by atoms with E-state index in [4.69, 9.17) is 4.74 Å². The van der Waals surface area contributed by atoms with Crippen LogP contribution in [-0.4, -0.2) is 14.0 Å². The molecule has 0 saturated carbocycles. The smallest absolute Gasteiger partial charge is 0.334 e. The standard InChI is InChI=1S/C37H60O2Si/c1-5-8-11-14-17-22-30-40(31-23-18-15-12-9-6-2,32-24-19-16-13-10-7-3)33(4)37(38)39-36-29-25-27-34-26-20-21-28-35(34)36/h20-21,25-29H,4-19,22-24,30-32H2,1-3H3. The first-order valence-corrected chi connectivity index (χ1v) is 19.6. The molecule has 0 fully saturated rings. The second-order valence-corrected chi connectivity index (χ2v) is 16.8. The van der Waals surface area contributed by atoms with Gasteiger partial charge < -0.3 is 4.74 Å². The van der Waals surface area contributed by atoms with Crippen molar-refractivity contribution in [3.8, 4) is 5.75 Å². The Bertz CT molecular complexity index is 920. The molecule has 0 N–H and O–H groups in total. The molecule has 0 saturated heterocycles. The van der Waals surface area contributed by atoms with Gasteiger partial charge in [0.15, 0.2) is 0 Å². The lowest BCUT2D eigenvalue weighted by atomic mass is 10.1. The van der Waals surface area contributed by atoms with Gasteiger partial charge in [0, 0.05) is 10.6 Å². The van der Waals surface area contributed by atoms with Crippen LogP contribution < -0.4 is 4.74 Å². The van der Waals surface area contributed by atoms with Crippen LogP contribution >= 0.6 is 0 Å². The number of rotatable bonds is 24. The molecular formula is C37H60O2Si. The Labute approximate surface area is 248 Å². The van der Waals surface area contributed by atoms with Crippen LogP contribution in [0.25, 0.3) is 10.8 Å². The van der Waals surface area contributed by atoms with Gasteiger partial charge in [0.1, 0.15) is 5.75 Å². The predicted molar refractivity (Wildman–Crippen MR) is 179 cm³/mol. The molecule has 0 unspecified atom stereocenters. The van der Waals surface area contributed by atoms with Crippen molar-refractivity contribution < 1.29 is 9.53 Å². The molecule has 224 valence electrons. The molecule has 3 heteroatoms. The topological polar surface area (TPSA) is 26.3 Å². The Hall–Kier alpha value is -1.87. The minimum absolute atomic E-state index is 0.161. The van der Waals surface area contributed by atoms with E-state index in [1.54, 1.807) is 0 Å². The Kier molecular flexibility index (Phi) is 18.0. The molecule has 0 aliphatic rings. The van der Waals surface area contributed by atoms with Crippen molar-refractivity contribution in [2.45, 2.75) is 154 Å². The molecule has 2 aromatic carbocycles. The van der Waals surface area contributed by atoms with Gasteiger partial charge in [-0.1, -0.05) is 197 Å². The first-order chi connectivity index (χ1) is 19.6. The number of carbonyl (C=O) groups excluding carboxylic acids is 1. The molecule has 0 bridgehead atoms. The highest BCUT2D eigenvalue weighted by Gasteiger charge is 2.39. The maximum atomic E-state index is 13.8. The highest BCUT2D eigenvalue weighted by molar-refractivity contribution is 6.90. The van der Waals surface area contributed by atoms with Crippen molar-refractivity contribution in [2.24, 2.45) is 0 Å². The highest BCUT2D eigenvalue weighted by Crippen LogP contribution is 2.36.